The molecule has 0 bridgehead atoms. The Morgan fingerprint density at radius 2 is 1.56 bits per heavy atom. The zero-order valence-electron chi connectivity index (χ0n) is 14.1. The number of hydrogen-bond donors (Lipinski definition) is 0. The normalized spacial score (nSPS) is 11.3. The van der Waals surface area contributed by atoms with Crippen molar-refractivity contribution in [3.8, 4) is 0 Å². The molecule has 0 aliphatic rings. The van der Waals surface area contributed by atoms with Crippen molar-refractivity contribution < 1.29 is 4.57 Å². The lowest BCUT2D eigenvalue weighted by Gasteiger charge is -2.04. The smallest absolute Gasteiger partial charge is 0.254 e. The summed E-state index contributed by atoms with van der Waals surface area (Å²) in [6.45, 7) is 0.589. The number of benzene rings is 1. The second kappa shape index (κ2) is 5.70. The van der Waals surface area contributed by atoms with Gasteiger partial charge in [0.05, 0.1) is 20.6 Å². The summed E-state index contributed by atoms with van der Waals surface area (Å²) in [5.41, 5.74) is 2.11. The average Bonchev–Trinajstić information content (AvgIpc) is 2.77. The molecule has 124 valence electrons. The van der Waals surface area contributed by atoms with Crippen molar-refractivity contribution in [2.75, 3.05) is 0 Å². The molecule has 2 aromatic carbocycles. The average molecular weight is 332 g/mol. The Morgan fingerprint density at radius 1 is 0.920 bits per heavy atom. The first kappa shape index (κ1) is 15.3. The predicted octanol–water partition coefficient (Wildman–Crippen LogP) is 1.73. The maximum Gasteiger partial charge on any atom is 0.445 e. The van der Waals surface area contributed by atoms with Crippen molar-refractivity contribution in [2.24, 2.45) is 14.1 Å². The summed E-state index contributed by atoms with van der Waals surface area (Å²) in [4.78, 5) is 25.3. The highest BCUT2D eigenvalue weighted by molar-refractivity contribution is 6.04. The van der Waals surface area contributed by atoms with Crippen LogP contribution in [0.5, 0.6) is 0 Å². The maximum atomic E-state index is 12.8. The van der Waals surface area contributed by atoms with E-state index in [0.29, 0.717) is 17.6 Å². The van der Waals surface area contributed by atoms with Crippen LogP contribution in [0.25, 0.3) is 21.9 Å². The zero-order chi connectivity index (χ0) is 17.6. The molecule has 0 saturated carbocycles. The summed E-state index contributed by atoms with van der Waals surface area (Å²) in [7, 11) is 3.23. The molecule has 5 nitrogen and oxygen atoms in total. The molecule has 4 rings (SSSR count). The van der Waals surface area contributed by atoms with Gasteiger partial charge in [0.15, 0.2) is 0 Å². The van der Waals surface area contributed by atoms with Crippen molar-refractivity contribution in [1.82, 2.24) is 9.13 Å². The molecule has 0 saturated heterocycles. The zero-order valence-corrected chi connectivity index (χ0v) is 14.1. The third-order valence-electron chi connectivity index (χ3n) is 4.65. The molecule has 2 heterocycles. The molecule has 0 amide bonds. The van der Waals surface area contributed by atoms with Gasteiger partial charge in [0.25, 0.3) is 0 Å². The standard InChI is InChI=1S/C20H18N3O2/c1-21-18-17(19(24)22(2)20(21)25)15-11-7-4-8-12-16(15)23(18)13-14-9-5-3-6-10-14/h3-12H,13H2,1-2H3/q+1. The topological polar surface area (TPSA) is 47.9 Å². The molecule has 0 aliphatic heterocycles. The fraction of sp³-hybridized carbons (Fsp3) is 0.150. The molecule has 0 unspecified atom stereocenters. The highest BCUT2D eigenvalue weighted by atomic mass is 16.2. The van der Waals surface area contributed by atoms with Gasteiger partial charge in [0.2, 0.25) is 5.65 Å². The summed E-state index contributed by atoms with van der Waals surface area (Å²) in [5, 5.41) is 1.43. The maximum absolute atomic E-state index is 12.8. The Labute approximate surface area is 144 Å². The summed E-state index contributed by atoms with van der Waals surface area (Å²) in [5.74, 6) is 0. The summed E-state index contributed by atoms with van der Waals surface area (Å²) < 4.78 is 4.77. The van der Waals surface area contributed by atoms with Crippen LogP contribution in [0.15, 0.2) is 70.3 Å². The SMILES string of the molecule is Cn1c(=O)c2c3cccccc3n(Cc3ccccc3)c2[n+](C)c1=O. The van der Waals surface area contributed by atoms with E-state index in [1.54, 1.807) is 11.6 Å². The van der Waals surface area contributed by atoms with Crippen LogP contribution in [0.4, 0.5) is 0 Å². The van der Waals surface area contributed by atoms with Gasteiger partial charge in [-0.2, -0.15) is 9.13 Å². The van der Waals surface area contributed by atoms with Gasteiger partial charge in [-0.1, -0.05) is 54.6 Å². The molecule has 0 fully saturated rings. The lowest BCUT2D eigenvalue weighted by atomic mass is 10.2. The van der Waals surface area contributed by atoms with Gasteiger partial charge in [0.1, 0.15) is 10.9 Å². The Hall–Kier alpha value is -3.21. The molecular weight excluding hydrogens is 314 g/mol. The van der Waals surface area contributed by atoms with Crippen molar-refractivity contribution in [3.63, 3.8) is 0 Å². The minimum Gasteiger partial charge on any atom is -0.254 e. The first-order valence-corrected chi connectivity index (χ1v) is 8.14. The van der Waals surface area contributed by atoms with E-state index < -0.39 is 0 Å². The van der Waals surface area contributed by atoms with Gasteiger partial charge in [-0.3, -0.25) is 4.57 Å². The van der Waals surface area contributed by atoms with E-state index in [2.05, 4.69) is 0 Å². The Balaban J connectivity index is 2.22. The number of fused-ring (bicyclic) bond motifs is 3. The van der Waals surface area contributed by atoms with Crippen LogP contribution in [0.1, 0.15) is 5.56 Å². The van der Waals surface area contributed by atoms with Gasteiger partial charge in [0, 0.05) is 5.39 Å². The quantitative estimate of drug-likeness (QED) is 0.525. The van der Waals surface area contributed by atoms with E-state index in [1.807, 2.05) is 65.2 Å². The number of aromatic nitrogens is 3. The van der Waals surface area contributed by atoms with E-state index >= 15 is 0 Å². The number of nitrogens with zero attached hydrogens (tertiary/aromatic N) is 3. The molecule has 4 aromatic rings. The Bertz CT molecular complexity index is 1220. The predicted molar refractivity (Wildman–Crippen MR) is 97.7 cm³/mol. The number of hydrogen-bond acceptors (Lipinski definition) is 2. The largest absolute Gasteiger partial charge is 0.445 e. The van der Waals surface area contributed by atoms with E-state index in [1.165, 1.54) is 11.6 Å². The van der Waals surface area contributed by atoms with E-state index in [4.69, 9.17) is 0 Å². The molecule has 25 heavy (non-hydrogen) atoms. The minimum absolute atomic E-state index is 0.263. The molecule has 2 aromatic heterocycles. The van der Waals surface area contributed by atoms with Gasteiger partial charge >= 0.3 is 11.2 Å². The second-order valence-corrected chi connectivity index (χ2v) is 6.19. The summed E-state index contributed by atoms with van der Waals surface area (Å²) in [6, 6.07) is 19.8. The fourth-order valence-electron chi connectivity index (χ4n) is 3.41. The molecule has 0 atom stereocenters. The molecule has 0 radical (unpaired) electrons. The first-order valence-electron chi connectivity index (χ1n) is 8.14. The van der Waals surface area contributed by atoms with Crippen molar-refractivity contribution >= 4 is 21.9 Å². The molecule has 0 spiro atoms. The van der Waals surface area contributed by atoms with E-state index in [9.17, 15) is 9.59 Å². The lowest BCUT2D eigenvalue weighted by molar-refractivity contribution is -0.667. The fourth-order valence-corrected chi connectivity index (χ4v) is 3.41. The third-order valence-corrected chi connectivity index (χ3v) is 4.65. The molecular formula is C20H18N3O2+. The monoisotopic (exact) mass is 332 g/mol. The molecule has 5 heteroatoms. The van der Waals surface area contributed by atoms with Gasteiger partial charge in [-0.25, -0.2) is 9.59 Å². The van der Waals surface area contributed by atoms with Gasteiger partial charge in [-0.15, -0.1) is 0 Å². The van der Waals surface area contributed by atoms with Crippen LogP contribution in [0.3, 0.4) is 0 Å². The second-order valence-electron chi connectivity index (χ2n) is 6.19. The number of aryl methyl sites for hydroxylation is 1. The van der Waals surface area contributed by atoms with Crippen molar-refractivity contribution in [1.29, 1.82) is 0 Å². The summed E-state index contributed by atoms with van der Waals surface area (Å²) >= 11 is 0. The Kier molecular flexibility index (Phi) is 3.50. The number of rotatable bonds is 2. The highest BCUT2D eigenvalue weighted by Gasteiger charge is 2.24. The van der Waals surface area contributed by atoms with Crippen LogP contribution in [0.2, 0.25) is 0 Å². The van der Waals surface area contributed by atoms with Crippen LogP contribution in [-0.4, -0.2) is 9.13 Å². The van der Waals surface area contributed by atoms with Crippen LogP contribution < -0.4 is 15.8 Å². The first-order chi connectivity index (χ1) is 12.1. The van der Waals surface area contributed by atoms with Gasteiger partial charge < -0.3 is 0 Å². The highest BCUT2D eigenvalue weighted by Crippen LogP contribution is 2.24. The molecule has 0 aliphatic carbocycles. The van der Waals surface area contributed by atoms with Crippen LogP contribution in [0, 0.1) is 0 Å². The van der Waals surface area contributed by atoms with E-state index in [0.717, 1.165) is 16.5 Å². The van der Waals surface area contributed by atoms with Crippen LogP contribution >= 0.6 is 0 Å². The lowest BCUT2D eigenvalue weighted by Crippen LogP contribution is -2.55. The van der Waals surface area contributed by atoms with Crippen LogP contribution in [-0.2, 0) is 20.6 Å². The van der Waals surface area contributed by atoms with Crippen molar-refractivity contribution in [2.45, 2.75) is 6.54 Å². The van der Waals surface area contributed by atoms with Gasteiger partial charge in [-0.05, 0) is 11.6 Å². The third kappa shape index (κ3) is 2.28. The minimum atomic E-state index is -0.320. The van der Waals surface area contributed by atoms with E-state index in [-0.39, 0.29) is 11.2 Å². The Morgan fingerprint density at radius 3 is 2.28 bits per heavy atom. The molecule has 0 N–H and O–H groups in total. The summed E-state index contributed by atoms with van der Waals surface area (Å²) in [6.07, 6.45) is 0. The van der Waals surface area contributed by atoms with Crippen molar-refractivity contribution in [3.05, 3.63) is 87.1 Å².